The van der Waals surface area contributed by atoms with E-state index in [1.807, 2.05) is 24.3 Å². The number of rotatable bonds is 21. The van der Waals surface area contributed by atoms with Gasteiger partial charge in [0.25, 0.3) is 0 Å². The highest BCUT2D eigenvalue weighted by Gasteiger charge is 2.14. The van der Waals surface area contributed by atoms with E-state index in [2.05, 4.69) is 96.2 Å². The molecule has 0 bridgehead atoms. The molecule has 0 aliphatic rings. The van der Waals surface area contributed by atoms with Crippen LogP contribution in [0.3, 0.4) is 0 Å². The van der Waals surface area contributed by atoms with E-state index < -0.39 is 0 Å². The third kappa shape index (κ3) is 11.5. The van der Waals surface area contributed by atoms with Gasteiger partial charge >= 0.3 is 0 Å². The maximum atomic E-state index is 4.22. The number of hydrogen-bond donors (Lipinski definition) is 4. The number of nitrogens with zero attached hydrogens (tertiary/aromatic N) is 1. The summed E-state index contributed by atoms with van der Waals surface area (Å²) in [6.45, 7) is 31.5. The molecule has 0 amide bonds. The smallest absolute Gasteiger partial charge is 0.0691 e. The van der Waals surface area contributed by atoms with Crippen LogP contribution in [0.5, 0.6) is 0 Å². The van der Waals surface area contributed by atoms with Crippen molar-refractivity contribution in [3.63, 3.8) is 0 Å². The third-order valence-electron chi connectivity index (χ3n) is 6.43. The number of allylic oxidation sites excluding steroid dienone is 1. The van der Waals surface area contributed by atoms with Crippen LogP contribution in [-0.2, 0) is 13.0 Å². The normalized spacial score (nSPS) is 11.3. The second-order valence-corrected chi connectivity index (χ2v) is 9.73. The van der Waals surface area contributed by atoms with Gasteiger partial charge in [0, 0.05) is 46.6 Å². The van der Waals surface area contributed by atoms with Gasteiger partial charge in [-0.25, -0.2) is 0 Å². The topological polar surface area (TPSA) is 53.0 Å². The molecule has 0 fully saturated rings. The molecule has 1 aromatic heterocycles. The summed E-state index contributed by atoms with van der Waals surface area (Å²) in [5.74, 6) is 0. The highest BCUT2D eigenvalue weighted by Crippen LogP contribution is 2.10. The monoisotopic (exact) mass is 513 g/mol. The van der Waals surface area contributed by atoms with Crippen molar-refractivity contribution in [2.75, 3.05) is 19.6 Å². The number of hydrogen-bond acceptors (Lipinski definition) is 4. The standard InChI is InChI=1S/C33H47N5/c1-8-21-34-31(7)33(23-32-17-13-11-14-18-32)37-28(4)25-36-27(3)24-35-26(2)16-12-9-10-15-22-38-29(5)19-20-30(38)6/h8,11,13-14,17-20,33-37H,1-7,9-10,12,15-16,21-25H2. The molecule has 0 saturated heterocycles. The third-order valence-corrected chi connectivity index (χ3v) is 6.43. The number of nitrogens with one attached hydrogen (secondary N) is 4. The van der Waals surface area contributed by atoms with E-state index in [0.717, 1.165) is 65.7 Å². The lowest BCUT2D eigenvalue weighted by Gasteiger charge is -2.25. The molecule has 2 aromatic rings. The van der Waals surface area contributed by atoms with Gasteiger partial charge in [-0.1, -0.05) is 88.7 Å². The zero-order chi connectivity index (χ0) is 27.8. The van der Waals surface area contributed by atoms with Crippen LogP contribution in [0.1, 0.15) is 37.7 Å². The first-order valence-electron chi connectivity index (χ1n) is 13.5. The average molecular weight is 514 g/mol. The van der Waals surface area contributed by atoms with Crippen molar-refractivity contribution in [2.24, 2.45) is 0 Å². The van der Waals surface area contributed by atoms with Crippen LogP contribution in [0, 0.1) is 0 Å². The molecule has 38 heavy (non-hydrogen) atoms. The van der Waals surface area contributed by atoms with E-state index in [1.165, 1.54) is 18.4 Å². The molecule has 1 atom stereocenters. The van der Waals surface area contributed by atoms with Crippen LogP contribution >= 0.6 is 0 Å². The molecule has 0 aliphatic heterocycles. The highest BCUT2D eigenvalue weighted by molar-refractivity contribution is 5.21. The van der Waals surface area contributed by atoms with Crippen molar-refractivity contribution >= 4 is 13.2 Å². The average Bonchev–Trinajstić information content (AvgIpc) is 3.23. The molecule has 0 spiro atoms. The Morgan fingerprint density at radius 1 is 0.763 bits per heavy atom. The Morgan fingerprint density at radius 3 is 2.08 bits per heavy atom. The van der Waals surface area contributed by atoms with Crippen LogP contribution < -0.4 is 32.0 Å². The number of unbranched alkanes of at least 4 members (excludes halogenated alkanes) is 3. The van der Waals surface area contributed by atoms with Crippen molar-refractivity contribution in [3.8, 4) is 0 Å². The van der Waals surface area contributed by atoms with Crippen molar-refractivity contribution in [1.82, 2.24) is 25.8 Å². The molecular formula is C33H47N5. The van der Waals surface area contributed by atoms with Crippen molar-refractivity contribution in [3.05, 3.63) is 120 Å². The minimum Gasteiger partial charge on any atom is -0.384 e. The maximum Gasteiger partial charge on any atom is 0.0691 e. The van der Waals surface area contributed by atoms with Gasteiger partial charge < -0.3 is 25.8 Å². The number of aromatic nitrogens is 1. The van der Waals surface area contributed by atoms with Gasteiger partial charge in [0.05, 0.1) is 19.1 Å². The van der Waals surface area contributed by atoms with Gasteiger partial charge in [0.15, 0.2) is 0 Å². The molecule has 2 rings (SSSR count). The predicted molar refractivity (Wildman–Crippen MR) is 166 cm³/mol. The number of benzene rings is 1. The van der Waals surface area contributed by atoms with Crippen molar-refractivity contribution in [1.29, 1.82) is 0 Å². The van der Waals surface area contributed by atoms with Gasteiger partial charge in [-0.2, -0.15) is 0 Å². The fourth-order valence-corrected chi connectivity index (χ4v) is 4.16. The van der Waals surface area contributed by atoms with E-state index in [9.17, 15) is 0 Å². The van der Waals surface area contributed by atoms with Crippen molar-refractivity contribution < 1.29 is 0 Å². The molecule has 0 radical (unpaired) electrons. The van der Waals surface area contributed by atoms with Crippen LogP contribution in [0.15, 0.2) is 104 Å². The summed E-state index contributed by atoms with van der Waals surface area (Å²) in [6.07, 6.45) is 8.24. The van der Waals surface area contributed by atoms with E-state index in [-0.39, 0.29) is 6.04 Å². The van der Waals surface area contributed by atoms with Gasteiger partial charge in [-0.15, -0.1) is 6.58 Å². The second kappa shape index (κ2) is 16.8. The summed E-state index contributed by atoms with van der Waals surface area (Å²) in [6, 6.07) is 14.4. The summed E-state index contributed by atoms with van der Waals surface area (Å²) < 4.78 is 2.18. The van der Waals surface area contributed by atoms with Crippen LogP contribution in [0.25, 0.3) is 13.2 Å². The SMILES string of the molecule is C=CCNC(=C)C(Cc1ccccc1)NC(=C)CNC(=C)CNC(=C)CCCCCCn1c(=C)ccc1=C. The quantitative estimate of drug-likeness (QED) is 0.147. The molecule has 4 N–H and O–H groups in total. The molecule has 0 saturated carbocycles. The summed E-state index contributed by atoms with van der Waals surface area (Å²) >= 11 is 0. The molecule has 1 aromatic carbocycles. The Balaban J connectivity index is 1.63. The molecular weight excluding hydrogens is 466 g/mol. The fraction of sp³-hybridized carbons (Fsp3) is 0.333. The lowest BCUT2D eigenvalue weighted by molar-refractivity contribution is 0.555. The zero-order valence-corrected chi connectivity index (χ0v) is 23.2. The molecule has 1 heterocycles. The summed E-state index contributed by atoms with van der Waals surface area (Å²) in [5.41, 5.74) is 4.97. The first-order chi connectivity index (χ1) is 18.3. The van der Waals surface area contributed by atoms with E-state index in [1.54, 1.807) is 0 Å². The summed E-state index contributed by atoms with van der Waals surface area (Å²) in [4.78, 5) is 0. The van der Waals surface area contributed by atoms with Crippen LogP contribution in [-0.4, -0.2) is 30.2 Å². The molecule has 204 valence electrons. The summed E-state index contributed by atoms with van der Waals surface area (Å²) in [7, 11) is 0. The maximum absolute atomic E-state index is 4.22. The molecule has 1 unspecified atom stereocenters. The minimum absolute atomic E-state index is 0.0162. The Morgan fingerprint density at radius 2 is 1.39 bits per heavy atom. The van der Waals surface area contributed by atoms with Gasteiger partial charge in [-0.05, 0) is 43.4 Å². The Bertz CT molecular complexity index is 1130. The zero-order valence-electron chi connectivity index (χ0n) is 23.2. The Labute approximate surface area is 230 Å². The lowest BCUT2D eigenvalue weighted by atomic mass is 10.0. The lowest BCUT2D eigenvalue weighted by Crippen LogP contribution is -2.39. The largest absolute Gasteiger partial charge is 0.384 e. The molecule has 5 heteroatoms. The fourth-order valence-electron chi connectivity index (χ4n) is 4.16. The highest BCUT2D eigenvalue weighted by atomic mass is 15.0. The molecule has 5 nitrogen and oxygen atoms in total. The molecule has 0 aliphatic carbocycles. The second-order valence-electron chi connectivity index (χ2n) is 9.73. The Kier molecular flexibility index (Phi) is 13.4. The first-order valence-corrected chi connectivity index (χ1v) is 13.5. The van der Waals surface area contributed by atoms with E-state index in [4.69, 9.17) is 0 Å². The van der Waals surface area contributed by atoms with Gasteiger partial charge in [-0.3, -0.25) is 0 Å². The van der Waals surface area contributed by atoms with Gasteiger partial charge in [0.1, 0.15) is 0 Å². The van der Waals surface area contributed by atoms with Crippen LogP contribution in [0.4, 0.5) is 0 Å². The minimum atomic E-state index is 0.0162. The van der Waals surface area contributed by atoms with Crippen molar-refractivity contribution in [2.45, 2.75) is 51.1 Å². The first kappa shape index (κ1) is 30.4. The van der Waals surface area contributed by atoms with Gasteiger partial charge in [0.2, 0.25) is 0 Å². The predicted octanol–water partition coefficient (Wildman–Crippen LogP) is 4.47. The Hall–Kier alpha value is -3.86. The summed E-state index contributed by atoms with van der Waals surface area (Å²) in [5, 5.41) is 15.7. The van der Waals surface area contributed by atoms with E-state index >= 15 is 0 Å². The van der Waals surface area contributed by atoms with Crippen LogP contribution in [0.2, 0.25) is 0 Å². The van der Waals surface area contributed by atoms with E-state index in [0.29, 0.717) is 19.6 Å².